The van der Waals surface area contributed by atoms with Gasteiger partial charge in [-0.1, -0.05) is 20.8 Å². The molecule has 0 unspecified atom stereocenters. The highest BCUT2D eigenvalue weighted by Crippen LogP contribution is 2.34. The van der Waals surface area contributed by atoms with E-state index in [-0.39, 0.29) is 5.69 Å². The van der Waals surface area contributed by atoms with Crippen LogP contribution in [0.15, 0.2) is 6.07 Å². The maximum atomic E-state index is 12.5. The van der Waals surface area contributed by atoms with Crippen LogP contribution in [0.25, 0.3) is 0 Å². The fraction of sp³-hybridized carbons (Fsp3) is 0.600. The third-order valence-corrected chi connectivity index (χ3v) is 2.04. The zero-order valence-electron chi connectivity index (χ0n) is 9.74. The summed E-state index contributed by atoms with van der Waals surface area (Å²) >= 11 is 0. The second-order valence-electron chi connectivity index (χ2n) is 4.71. The van der Waals surface area contributed by atoms with Crippen molar-refractivity contribution >= 4 is 0 Å². The molecule has 0 saturated heterocycles. The van der Waals surface area contributed by atoms with Gasteiger partial charge in [-0.2, -0.15) is 26.3 Å². The summed E-state index contributed by atoms with van der Waals surface area (Å²) in [6.45, 7) is 4.40. The fourth-order valence-electron chi connectivity index (χ4n) is 1.10. The van der Waals surface area contributed by atoms with Crippen LogP contribution in [0.5, 0.6) is 0 Å². The van der Waals surface area contributed by atoms with Crippen LogP contribution in [0.4, 0.5) is 26.3 Å². The van der Waals surface area contributed by atoms with Crippen molar-refractivity contribution in [3.8, 4) is 0 Å². The van der Waals surface area contributed by atoms with E-state index in [0.717, 1.165) is 0 Å². The highest BCUT2D eigenvalue weighted by Gasteiger charge is 2.41. The van der Waals surface area contributed by atoms with Gasteiger partial charge in [-0.15, -0.1) is 0 Å². The summed E-state index contributed by atoms with van der Waals surface area (Å²) in [6.07, 6.45) is -9.95. The highest BCUT2D eigenvalue weighted by atomic mass is 19.4. The lowest BCUT2D eigenvalue weighted by atomic mass is 9.91. The van der Waals surface area contributed by atoms with Gasteiger partial charge in [-0.25, -0.2) is 9.97 Å². The monoisotopic (exact) mass is 272 g/mol. The average Bonchev–Trinajstić information content (AvgIpc) is 2.13. The predicted molar refractivity (Wildman–Crippen MR) is 50.7 cm³/mol. The van der Waals surface area contributed by atoms with Crippen molar-refractivity contribution in [2.75, 3.05) is 0 Å². The van der Waals surface area contributed by atoms with Crippen molar-refractivity contribution < 1.29 is 26.3 Å². The number of rotatable bonds is 0. The van der Waals surface area contributed by atoms with Crippen molar-refractivity contribution in [3.05, 3.63) is 23.3 Å². The van der Waals surface area contributed by atoms with E-state index in [1.165, 1.54) is 20.8 Å². The van der Waals surface area contributed by atoms with Gasteiger partial charge in [0.05, 0.1) is 5.69 Å². The van der Waals surface area contributed by atoms with Crippen molar-refractivity contribution in [2.45, 2.75) is 38.5 Å². The number of hydrogen-bond donors (Lipinski definition) is 0. The minimum atomic E-state index is -5.01. The van der Waals surface area contributed by atoms with Gasteiger partial charge in [0.1, 0.15) is 5.69 Å². The molecule has 0 bridgehead atoms. The summed E-state index contributed by atoms with van der Waals surface area (Å²) < 4.78 is 74.7. The summed E-state index contributed by atoms with van der Waals surface area (Å²) in [4.78, 5) is 5.68. The molecule has 1 rings (SSSR count). The van der Waals surface area contributed by atoms with Crippen molar-refractivity contribution in [1.29, 1.82) is 0 Å². The first-order valence-electron chi connectivity index (χ1n) is 4.86. The van der Waals surface area contributed by atoms with Crippen LogP contribution in [0.2, 0.25) is 0 Å². The molecule has 0 fully saturated rings. The predicted octanol–water partition coefficient (Wildman–Crippen LogP) is 3.81. The molecule has 1 aromatic rings. The molecule has 1 heterocycles. The van der Waals surface area contributed by atoms with Gasteiger partial charge in [0.2, 0.25) is 5.82 Å². The molecule has 8 heteroatoms. The Morgan fingerprint density at radius 2 is 1.22 bits per heavy atom. The molecule has 0 aliphatic rings. The maximum absolute atomic E-state index is 12.5. The summed E-state index contributed by atoms with van der Waals surface area (Å²) in [6, 6.07) is 0.537. The van der Waals surface area contributed by atoms with Gasteiger partial charge >= 0.3 is 12.4 Å². The van der Waals surface area contributed by atoms with E-state index in [1.54, 1.807) is 0 Å². The normalized spacial score (nSPS) is 13.8. The first-order chi connectivity index (χ1) is 7.82. The van der Waals surface area contributed by atoms with Crippen molar-refractivity contribution in [3.63, 3.8) is 0 Å². The molecule has 0 saturated carbocycles. The molecular weight excluding hydrogens is 262 g/mol. The molecule has 18 heavy (non-hydrogen) atoms. The Morgan fingerprint density at radius 3 is 1.56 bits per heavy atom. The number of nitrogens with zero attached hydrogens (tertiary/aromatic N) is 2. The van der Waals surface area contributed by atoms with Crippen LogP contribution >= 0.6 is 0 Å². The zero-order chi connectivity index (χ0) is 14.4. The third kappa shape index (κ3) is 3.33. The quantitative estimate of drug-likeness (QED) is 0.671. The van der Waals surface area contributed by atoms with E-state index in [0.29, 0.717) is 6.07 Å². The SMILES string of the molecule is CC(C)(C)c1cc(C(F)(F)F)nc(C(F)(F)F)n1. The lowest BCUT2D eigenvalue weighted by Gasteiger charge is -2.20. The minimum absolute atomic E-state index is 0.308. The number of halogens is 6. The maximum Gasteiger partial charge on any atom is 0.451 e. The Kier molecular flexibility index (Phi) is 3.35. The Bertz CT molecular complexity index is 362. The van der Waals surface area contributed by atoms with E-state index in [4.69, 9.17) is 0 Å². The molecule has 0 aliphatic heterocycles. The fourth-order valence-corrected chi connectivity index (χ4v) is 1.10. The van der Waals surface area contributed by atoms with Gasteiger partial charge in [0.25, 0.3) is 0 Å². The molecular formula is C10H10F6N2. The average molecular weight is 272 g/mol. The second-order valence-corrected chi connectivity index (χ2v) is 4.71. The lowest BCUT2D eigenvalue weighted by Crippen LogP contribution is -2.23. The Labute approximate surface area is 99.1 Å². The van der Waals surface area contributed by atoms with Crippen LogP contribution in [-0.4, -0.2) is 9.97 Å². The van der Waals surface area contributed by atoms with Crippen LogP contribution in [0, 0.1) is 0 Å². The van der Waals surface area contributed by atoms with Crippen molar-refractivity contribution in [1.82, 2.24) is 9.97 Å². The first kappa shape index (κ1) is 14.7. The van der Waals surface area contributed by atoms with Gasteiger partial charge in [0.15, 0.2) is 0 Å². The van der Waals surface area contributed by atoms with E-state index >= 15 is 0 Å². The van der Waals surface area contributed by atoms with Gasteiger partial charge < -0.3 is 0 Å². The molecule has 2 nitrogen and oxygen atoms in total. The standard InChI is InChI=1S/C10H10F6N2/c1-8(2,3)5-4-6(9(11,12)13)18-7(17-5)10(14,15)16/h4H,1-3H3. The van der Waals surface area contributed by atoms with Crippen LogP contribution in [0.3, 0.4) is 0 Å². The van der Waals surface area contributed by atoms with Crippen LogP contribution < -0.4 is 0 Å². The number of alkyl halides is 6. The number of hydrogen-bond acceptors (Lipinski definition) is 2. The third-order valence-electron chi connectivity index (χ3n) is 2.04. The van der Waals surface area contributed by atoms with E-state index in [9.17, 15) is 26.3 Å². The summed E-state index contributed by atoms with van der Waals surface area (Å²) in [5.41, 5.74) is -2.84. The topological polar surface area (TPSA) is 25.8 Å². The molecule has 1 aromatic heterocycles. The van der Waals surface area contributed by atoms with Gasteiger partial charge in [-0.3, -0.25) is 0 Å². The first-order valence-corrected chi connectivity index (χ1v) is 4.86. The minimum Gasteiger partial charge on any atom is -0.229 e. The van der Waals surface area contributed by atoms with E-state index in [2.05, 4.69) is 9.97 Å². The largest absolute Gasteiger partial charge is 0.451 e. The number of aromatic nitrogens is 2. The summed E-state index contributed by atoms with van der Waals surface area (Å²) in [7, 11) is 0. The molecule has 0 spiro atoms. The Balaban J connectivity index is 3.49. The molecule has 0 N–H and O–H groups in total. The van der Waals surface area contributed by atoms with Gasteiger partial charge in [-0.05, 0) is 6.07 Å². The molecule has 0 aliphatic carbocycles. The Morgan fingerprint density at radius 1 is 0.778 bits per heavy atom. The molecule has 0 aromatic carbocycles. The van der Waals surface area contributed by atoms with E-state index in [1.807, 2.05) is 0 Å². The summed E-state index contributed by atoms with van der Waals surface area (Å²) in [5, 5.41) is 0. The zero-order valence-corrected chi connectivity index (χ0v) is 9.74. The molecule has 0 atom stereocenters. The smallest absolute Gasteiger partial charge is 0.229 e. The molecule has 0 amide bonds. The Hall–Kier alpha value is -1.34. The van der Waals surface area contributed by atoms with Gasteiger partial charge in [0, 0.05) is 5.41 Å². The molecule has 0 radical (unpaired) electrons. The van der Waals surface area contributed by atoms with Crippen LogP contribution in [0.1, 0.15) is 38.0 Å². The van der Waals surface area contributed by atoms with E-state index < -0.39 is 29.3 Å². The molecule has 102 valence electrons. The highest BCUT2D eigenvalue weighted by molar-refractivity contribution is 5.20. The van der Waals surface area contributed by atoms with Crippen molar-refractivity contribution in [2.24, 2.45) is 0 Å². The lowest BCUT2D eigenvalue weighted by molar-refractivity contribution is -0.153. The second kappa shape index (κ2) is 4.10. The summed E-state index contributed by atoms with van der Waals surface area (Å²) in [5.74, 6) is -1.78. The van der Waals surface area contributed by atoms with Crippen LogP contribution in [-0.2, 0) is 17.8 Å².